The number of allylic oxidation sites excluding steroid dienone is 1. The molecule has 0 saturated heterocycles. The van der Waals surface area contributed by atoms with Crippen molar-refractivity contribution in [3.8, 4) is 17.2 Å². The van der Waals surface area contributed by atoms with Gasteiger partial charge in [0.15, 0.2) is 5.76 Å². The quantitative estimate of drug-likeness (QED) is 0.332. The van der Waals surface area contributed by atoms with Gasteiger partial charge in [0.25, 0.3) is 0 Å². The highest BCUT2D eigenvalue weighted by atomic mass is 35.5. The van der Waals surface area contributed by atoms with Crippen LogP contribution in [0.1, 0.15) is 21.5 Å². The number of benzene rings is 3. The SMILES string of the molecule is COc1ccc2c(c1)c(C=C1Oc3cc(OCc4c(F)cccc4Cl)ccc3C1=O)cn2C. The first-order chi connectivity index (χ1) is 15.9. The summed E-state index contributed by atoms with van der Waals surface area (Å²) in [6, 6.07) is 15.2. The lowest BCUT2D eigenvalue weighted by atomic mass is 10.1. The lowest BCUT2D eigenvalue weighted by Gasteiger charge is -2.09. The maximum atomic E-state index is 14.0. The number of rotatable bonds is 5. The normalized spacial score (nSPS) is 13.9. The van der Waals surface area contributed by atoms with Crippen LogP contribution in [0.3, 0.4) is 0 Å². The molecule has 7 heteroatoms. The minimum Gasteiger partial charge on any atom is -0.497 e. The van der Waals surface area contributed by atoms with Gasteiger partial charge in [-0.25, -0.2) is 4.39 Å². The molecular weight excluding hydrogens is 445 g/mol. The Labute approximate surface area is 194 Å². The van der Waals surface area contributed by atoms with E-state index in [1.807, 2.05) is 36.0 Å². The Kier molecular flexibility index (Phi) is 5.30. The first kappa shape index (κ1) is 21.1. The van der Waals surface area contributed by atoms with Gasteiger partial charge in [-0.3, -0.25) is 4.79 Å². The lowest BCUT2D eigenvalue weighted by molar-refractivity contribution is 0.101. The summed E-state index contributed by atoms with van der Waals surface area (Å²) in [5, 5.41) is 1.24. The number of Topliss-reactive ketones (excluding diaryl/α,β-unsaturated/α-hetero) is 1. The molecule has 4 aromatic rings. The molecule has 0 bridgehead atoms. The van der Waals surface area contributed by atoms with Gasteiger partial charge in [0.1, 0.15) is 29.7 Å². The zero-order chi connectivity index (χ0) is 23.1. The van der Waals surface area contributed by atoms with E-state index in [9.17, 15) is 9.18 Å². The molecule has 0 N–H and O–H groups in total. The van der Waals surface area contributed by atoms with E-state index in [4.69, 9.17) is 25.8 Å². The van der Waals surface area contributed by atoms with E-state index < -0.39 is 5.82 Å². The molecule has 1 aliphatic heterocycles. The fourth-order valence-electron chi connectivity index (χ4n) is 3.87. The summed E-state index contributed by atoms with van der Waals surface area (Å²) in [6.07, 6.45) is 3.66. The Balaban J connectivity index is 1.41. The molecule has 1 aromatic heterocycles. The van der Waals surface area contributed by atoms with Gasteiger partial charge in [0, 0.05) is 41.3 Å². The number of aromatic nitrogens is 1. The Morgan fingerprint density at radius 3 is 2.73 bits per heavy atom. The monoisotopic (exact) mass is 463 g/mol. The van der Waals surface area contributed by atoms with E-state index in [-0.39, 0.29) is 23.7 Å². The zero-order valence-electron chi connectivity index (χ0n) is 17.9. The van der Waals surface area contributed by atoms with Crippen molar-refractivity contribution in [2.45, 2.75) is 6.61 Å². The van der Waals surface area contributed by atoms with Gasteiger partial charge in [-0.1, -0.05) is 17.7 Å². The predicted molar refractivity (Wildman–Crippen MR) is 125 cm³/mol. The van der Waals surface area contributed by atoms with Gasteiger partial charge < -0.3 is 18.8 Å². The topological polar surface area (TPSA) is 49.7 Å². The molecule has 33 heavy (non-hydrogen) atoms. The second kappa shape index (κ2) is 8.30. The summed E-state index contributed by atoms with van der Waals surface area (Å²) >= 11 is 6.06. The number of halogens is 2. The summed E-state index contributed by atoms with van der Waals surface area (Å²) in [5.74, 6) is 1.13. The molecule has 0 unspecified atom stereocenters. The number of hydrogen-bond donors (Lipinski definition) is 0. The summed E-state index contributed by atoms with van der Waals surface area (Å²) in [5.41, 5.74) is 2.56. The molecule has 3 aromatic carbocycles. The van der Waals surface area contributed by atoms with Crippen molar-refractivity contribution in [1.82, 2.24) is 4.57 Å². The first-order valence-corrected chi connectivity index (χ1v) is 10.6. The van der Waals surface area contributed by atoms with Crippen LogP contribution in [0, 0.1) is 5.82 Å². The molecule has 0 saturated carbocycles. The van der Waals surface area contributed by atoms with Crippen LogP contribution in [0.2, 0.25) is 5.02 Å². The van der Waals surface area contributed by atoms with Gasteiger partial charge >= 0.3 is 0 Å². The van der Waals surface area contributed by atoms with Crippen LogP contribution in [0.4, 0.5) is 4.39 Å². The Hall–Kier alpha value is -3.77. The maximum Gasteiger partial charge on any atom is 0.231 e. The van der Waals surface area contributed by atoms with Crippen molar-refractivity contribution >= 4 is 34.4 Å². The molecular formula is C26H19ClFNO4. The zero-order valence-corrected chi connectivity index (χ0v) is 18.7. The smallest absolute Gasteiger partial charge is 0.231 e. The van der Waals surface area contributed by atoms with Crippen LogP contribution >= 0.6 is 11.6 Å². The van der Waals surface area contributed by atoms with Crippen LogP contribution in [0.15, 0.2) is 66.6 Å². The van der Waals surface area contributed by atoms with Crippen molar-refractivity contribution in [1.29, 1.82) is 0 Å². The Morgan fingerprint density at radius 2 is 1.94 bits per heavy atom. The third-order valence-electron chi connectivity index (χ3n) is 5.60. The number of fused-ring (bicyclic) bond motifs is 2. The average molecular weight is 464 g/mol. The molecule has 0 amide bonds. The highest BCUT2D eigenvalue weighted by Gasteiger charge is 2.28. The van der Waals surface area contributed by atoms with E-state index in [0.29, 0.717) is 22.1 Å². The molecule has 166 valence electrons. The first-order valence-electron chi connectivity index (χ1n) is 10.2. The molecule has 0 aliphatic carbocycles. The van der Waals surface area contributed by atoms with Crippen molar-refractivity contribution in [2.75, 3.05) is 7.11 Å². The van der Waals surface area contributed by atoms with Crippen LogP contribution in [0.5, 0.6) is 17.2 Å². The molecule has 0 fully saturated rings. The van der Waals surface area contributed by atoms with E-state index in [2.05, 4.69) is 0 Å². The van der Waals surface area contributed by atoms with Gasteiger partial charge in [0.05, 0.1) is 17.7 Å². The second-order valence-corrected chi connectivity index (χ2v) is 8.07. The summed E-state index contributed by atoms with van der Waals surface area (Å²) in [4.78, 5) is 12.9. The summed E-state index contributed by atoms with van der Waals surface area (Å²) in [7, 11) is 3.55. The van der Waals surface area contributed by atoms with Crippen molar-refractivity contribution in [3.63, 3.8) is 0 Å². The summed E-state index contributed by atoms with van der Waals surface area (Å²) < 4.78 is 32.9. The molecule has 1 aliphatic rings. The number of hydrogen-bond acceptors (Lipinski definition) is 4. The Bertz CT molecular complexity index is 1420. The van der Waals surface area contributed by atoms with Gasteiger partial charge in [-0.15, -0.1) is 0 Å². The fourth-order valence-corrected chi connectivity index (χ4v) is 4.09. The third-order valence-corrected chi connectivity index (χ3v) is 5.95. The van der Waals surface area contributed by atoms with Gasteiger partial charge in [0.2, 0.25) is 5.78 Å². The summed E-state index contributed by atoms with van der Waals surface area (Å²) in [6.45, 7) is -0.0429. The molecule has 0 spiro atoms. The second-order valence-electron chi connectivity index (χ2n) is 7.67. The van der Waals surface area contributed by atoms with Crippen LogP contribution in [0.25, 0.3) is 17.0 Å². The molecule has 0 atom stereocenters. The lowest BCUT2D eigenvalue weighted by Crippen LogP contribution is -1.99. The van der Waals surface area contributed by atoms with E-state index in [1.165, 1.54) is 12.1 Å². The van der Waals surface area contributed by atoms with E-state index in [1.54, 1.807) is 37.5 Å². The van der Waals surface area contributed by atoms with Crippen LogP contribution < -0.4 is 14.2 Å². The van der Waals surface area contributed by atoms with Crippen LogP contribution in [-0.4, -0.2) is 17.5 Å². The number of carbonyl (C=O) groups excluding carboxylic acids is 1. The molecule has 5 nitrogen and oxygen atoms in total. The third kappa shape index (κ3) is 3.83. The number of carbonyl (C=O) groups is 1. The highest BCUT2D eigenvalue weighted by molar-refractivity contribution is 6.31. The number of aryl methyl sites for hydroxylation is 1. The minimum atomic E-state index is -0.438. The van der Waals surface area contributed by atoms with Gasteiger partial charge in [-0.05, 0) is 48.5 Å². The average Bonchev–Trinajstić information content (AvgIpc) is 3.29. The Morgan fingerprint density at radius 1 is 1.12 bits per heavy atom. The molecule has 0 radical (unpaired) electrons. The largest absolute Gasteiger partial charge is 0.497 e. The van der Waals surface area contributed by atoms with Crippen molar-refractivity contribution in [2.24, 2.45) is 7.05 Å². The number of ketones is 1. The van der Waals surface area contributed by atoms with Crippen molar-refractivity contribution < 1.29 is 23.4 Å². The number of nitrogens with zero attached hydrogens (tertiary/aromatic N) is 1. The molecule has 5 rings (SSSR count). The number of ether oxygens (including phenoxy) is 3. The number of methoxy groups -OCH3 is 1. The molecule has 2 heterocycles. The predicted octanol–water partition coefficient (Wildman–Crippen LogP) is 6.17. The highest BCUT2D eigenvalue weighted by Crippen LogP contribution is 2.36. The maximum absolute atomic E-state index is 14.0. The minimum absolute atomic E-state index is 0.0429. The van der Waals surface area contributed by atoms with E-state index in [0.717, 1.165) is 22.2 Å². The van der Waals surface area contributed by atoms with Crippen molar-refractivity contribution in [3.05, 3.63) is 94.1 Å². The van der Waals surface area contributed by atoms with E-state index >= 15 is 0 Å². The standard InChI is InChI=1S/C26H19ClFNO4/c1-29-13-15(19-11-16(31-2)7-9-23(19)29)10-25-26(30)18-8-6-17(12-24(18)33-25)32-14-20-21(27)4-3-5-22(20)28/h3-13H,14H2,1-2H3. The van der Waals surface area contributed by atoms with Crippen LogP contribution in [-0.2, 0) is 13.7 Å². The fraction of sp³-hybridized carbons (Fsp3) is 0.115. The van der Waals surface area contributed by atoms with Gasteiger partial charge in [-0.2, -0.15) is 0 Å².